The van der Waals surface area contributed by atoms with Gasteiger partial charge in [0.2, 0.25) is 0 Å². The minimum absolute atomic E-state index is 0.466. The first-order valence-corrected chi connectivity index (χ1v) is 3.45. The molecule has 1 unspecified atom stereocenters. The van der Waals surface area contributed by atoms with Crippen molar-refractivity contribution in [3.63, 3.8) is 0 Å². The molecule has 1 heteroatoms. The molecule has 0 saturated heterocycles. The van der Waals surface area contributed by atoms with E-state index in [9.17, 15) is 0 Å². The molecule has 0 rings (SSSR count). The molecule has 0 bridgehead atoms. The third kappa shape index (κ3) is 5.28. The van der Waals surface area contributed by atoms with Crippen LogP contribution >= 0.6 is 0 Å². The van der Waals surface area contributed by atoms with Crippen LogP contribution in [0.4, 0.5) is 0 Å². The molecule has 0 N–H and O–H groups in total. The van der Waals surface area contributed by atoms with Crippen LogP contribution in [-0.2, 0) is 0 Å². The van der Waals surface area contributed by atoms with Crippen molar-refractivity contribution in [2.24, 2.45) is 4.99 Å². The molecule has 0 aromatic carbocycles. The van der Waals surface area contributed by atoms with Gasteiger partial charge >= 0.3 is 0 Å². The van der Waals surface area contributed by atoms with Gasteiger partial charge in [-0.25, -0.2) is 0 Å². The van der Waals surface area contributed by atoms with E-state index in [1.165, 1.54) is 12.8 Å². The number of allylic oxidation sites excluding steroid dienone is 1. The summed E-state index contributed by atoms with van der Waals surface area (Å²) in [6.45, 7) is 7.82. The van der Waals surface area contributed by atoms with Gasteiger partial charge in [0, 0.05) is 12.3 Å². The highest BCUT2D eigenvalue weighted by Crippen LogP contribution is 1.98. The molecule has 0 aliphatic rings. The summed E-state index contributed by atoms with van der Waals surface area (Å²) in [5.41, 5.74) is 0. The van der Waals surface area contributed by atoms with Crippen LogP contribution in [0.5, 0.6) is 0 Å². The van der Waals surface area contributed by atoms with E-state index in [0.29, 0.717) is 6.04 Å². The number of aliphatic imine (C=N–C) groups is 1. The van der Waals surface area contributed by atoms with E-state index in [-0.39, 0.29) is 0 Å². The van der Waals surface area contributed by atoms with Crippen LogP contribution in [0.25, 0.3) is 0 Å². The lowest BCUT2D eigenvalue weighted by Gasteiger charge is -1.99. The van der Waals surface area contributed by atoms with Gasteiger partial charge < -0.3 is 0 Å². The molecule has 1 atom stereocenters. The Balaban J connectivity index is 3.35. The summed E-state index contributed by atoms with van der Waals surface area (Å²) in [5.74, 6) is 0. The van der Waals surface area contributed by atoms with Crippen molar-refractivity contribution >= 4 is 6.21 Å². The Kier molecular flexibility index (Phi) is 5.18. The summed E-state index contributed by atoms with van der Waals surface area (Å²) in [6.07, 6.45) is 5.85. The van der Waals surface area contributed by atoms with Gasteiger partial charge in [-0.05, 0) is 13.3 Å². The molecule has 1 nitrogen and oxygen atoms in total. The van der Waals surface area contributed by atoms with Gasteiger partial charge in [0.25, 0.3) is 0 Å². The molecular formula is C8H15N. The van der Waals surface area contributed by atoms with Crippen LogP contribution in [0, 0.1) is 0 Å². The predicted octanol–water partition coefficient (Wildman–Crippen LogP) is 2.43. The third-order valence-corrected chi connectivity index (χ3v) is 1.15. The Labute approximate surface area is 57.5 Å². The second-order valence-corrected chi connectivity index (χ2v) is 2.17. The van der Waals surface area contributed by atoms with E-state index >= 15 is 0 Å². The van der Waals surface area contributed by atoms with Crippen LogP contribution in [0.2, 0.25) is 0 Å². The standard InChI is InChI=1S/C8H15N/c1-4-6-8(3)9-7-5-2/h5,7-8H,2,4,6H2,1,3H3. The van der Waals surface area contributed by atoms with Gasteiger partial charge in [0.1, 0.15) is 0 Å². The smallest absolute Gasteiger partial charge is 0.0471 e. The van der Waals surface area contributed by atoms with Crippen molar-refractivity contribution < 1.29 is 0 Å². The van der Waals surface area contributed by atoms with Gasteiger partial charge in [-0.3, -0.25) is 4.99 Å². The lowest BCUT2D eigenvalue weighted by atomic mass is 10.2. The molecule has 0 heterocycles. The van der Waals surface area contributed by atoms with Gasteiger partial charge in [-0.15, -0.1) is 0 Å². The maximum atomic E-state index is 4.19. The van der Waals surface area contributed by atoms with Crippen molar-refractivity contribution in [1.29, 1.82) is 0 Å². The topological polar surface area (TPSA) is 12.4 Å². The average Bonchev–Trinajstić information content (AvgIpc) is 1.85. The zero-order valence-corrected chi connectivity index (χ0v) is 6.30. The van der Waals surface area contributed by atoms with E-state index in [2.05, 4.69) is 25.4 Å². The predicted molar refractivity (Wildman–Crippen MR) is 43.1 cm³/mol. The highest BCUT2D eigenvalue weighted by atomic mass is 14.7. The Bertz CT molecular complexity index is 94.7. The minimum Gasteiger partial charge on any atom is -0.290 e. The molecule has 52 valence electrons. The molecule has 0 radical (unpaired) electrons. The van der Waals surface area contributed by atoms with Crippen LogP contribution in [0.15, 0.2) is 17.6 Å². The third-order valence-electron chi connectivity index (χ3n) is 1.15. The van der Waals surface area contributed by atoms with Gasteiger partial charge in [0.05, 0.1) is 0 Å². The van der Waals surface area contributed by atoms with E-state index in [1.807, 2.05) is 0 Å². The SMILES string of the molecule is C=CC=NC(C)CCC. The Morgan fingerprint density at radius 2 is 2.33 bits per heavy atom. The first-order chi connectivity index (χ1) is 4.31. The van der Waals surface area contributed by atoms with Crippen molar-refractivity contribution in [2.75, 3.05) is 0 Å². The number of hydrogen-bond donors (Lipinski definition) is 0. The van der Waals surface area contributed by atoms with Gasteiger partial charge in [-0.1, -0.05) is 26.0 Å². The summed E-state index contributed by atoms with van der Waals surface area (Å²) < 4.78 is 0. The highest BCUT2D eigenvalue weighted by Gasteiger charge is 1.91. The lowest BCUT2D eigenvalue weighted by molar-refractivity contribution is 0.657. The normalized spacial score (nSPS) is 14.0. The van der Waals surface area contributed by atoms with E-state index in [0.717, 1.165) is 0 Å². The first-order valence-electron chi connectivity index (χ1n) is 3.45. The fourth-order valence-corrected chi connectivity index (χ4v) is 0.700. The first kappa shape index (κ1) is 8.41. The average molecular weight is 125 g/mol. The van der Waals surface area contributed by atoms with Crippen LogP contribution in [0.1, 0.15) is 26.7 Å². The van der Waals surface area contributed by atoms with Crippen molar-refractivity contribution in [1.82, 2.24) is 0 Å². The second kappa shape index (κ2) is 5.54. The molecule has 0 fully saturated rings. The van der Waals surface area contributed by atoms with Crippen LogP contribution in [-0.4, -0.2) is 12.3 Å². The van der Waals surface area contributed by atoms with Gasteiger partial charge in [0.15, 0.2) is 0 Å². The largest absolute Gasteiger partial charge is 0.290 e. The summed E-state index contributed by atoms with van der Waals surface area (Å²) >= 11 is 0. The molecule has 0 aromatic rings. The zero-order valence-electron chi connectivity index (χ0n) is 6.30. The number of hydrogen-bond acceptors (Lipinski definition) is 1. The quantitative estimate of drug-likeness (QED) is 0.512. The summed E-state index contributed by atoms with van der Waals surface area (Å²) in [4.78, 5) is 4.19. The fraction of sp³-hybridized carbons (Fsp3) is 0.625. The zero-order chi connectivity index (χ0) is 7.11. The Morgan fingerprint density at radius 3 is 2.78 bits per heavy atom. The summed E-state index contributed by atoms with van der Waals surface area (Å²) in [6, 6.07) is 0.466. The van der Waals surface area contributed by atoms with Gasteiger partial charge in [-0.2, -0.15) is 0 Å². The lowest BCUT2D eigenvalue weighted by Crippen LogP contribution is -1.95. The van der Waals surface area contributed by atoms with Crippen LogP contribution < -0.4 is 0 Å². The molecule has 0 aliphatic carbocycles. The number of rotatable bonds is 4. The Morgan fingerprint density at radius 1 is 1.67 bits per heavy atom. The maximum Gasteiger partial charge on any atom is 0.0471 e. The highest BCUT2D eigenvalue weighted by molar-refractivity contribution is 5.70. The van der Waals surface area contributed by atoms with E-state index in [1.54, 1.807) is 12.3 Å². The molecule has 0 amide bonds. The fourth-order valence-electron chi connectivity index (χ4n) is 0.700. The molecule has 0 saturated carbocycles. The second-order valence-electron chi connectivity index (χ2n) is 2.17. The Hall–Kier alpha value is -0.590. The maximum absolute atomic E-state index is 4.19. The molecular weight excluding hydrogens is 110 g/mol. The molecule has 0 aliphatic heterocycles. The minimum atomic E-state index is 0.466. The van der Waals surface area contributed by atoms with Crippen molar-refractivity contribution in [2.45, 2.75) is 32.7 Å². The summed E-state index contributed by atoms with van der Waals surface area (Å²) in [7, 11) is 0. The molecule has 0 spiro atoms. The van der Waals surface area contributed by atoms with E-state index in [4.69, 9.17) is 0 Å². The van der Waals surface area contributed by atoms with Crippen molar-refractivity contribution in [3.8, 4) is 0 Å². The summed E-state index contributed by atoms with van der Waals surface area (Å²) in [5, 5.41) is 0. The van der Waals surface area contributed by atoms with Crippen LogP contribution in [0.3, 0.4) is 0 Å². The monoisotopic (exact) mass is 125 g/mol. The number of nitrogens with zero attached hydrogens (tertiary/aromatic N) is 1. The van der Waals surface area contributed by atoms with Crippen molar-refractivity contribution in [3.05, 3.63) is 12.7 Å². The molecule has 9 heavy (non-hydrogen) atoms. The molecule has 0 aromatic heterocycles. The van der Waals surface area contributed by atoms with E-state index < -0.39 is 0 Å².